The molecular formula is C18H29N3O2. The average molecular weight is 319 g/mol. The third-order valence-corrected chi connectivity index (χ3v) is 4.05. The normalized spacial score (nSPS) is 21.3. The number of ether oxygens (including phenoxy) is 1. The van der Waals surface area contributed by atoms with Crippen LogP contribution in [-0.2, 0) is 4.74 Å². The summed E-state index contributed by atoms with van der Waals surface area (Å²) < 4.78 is 5.41. The number of hydrogen-bond donors (Lipinski definition) is 0. The van der Waals surface area contributed by atoms with Gasteiger partial charge < -0.3 is 9.64 Å². The number of amides is 1. The van der Waals surface area contributed by atoms with Crippen molar-refractivity contribution in [2.24, 2.45) is 10.4 Å². The number of carbonyl (C=O) groups is 1. The maximum absolute atomic E-state index is 12.0. The lowest BCUT2D eigenvalue weighted by Crippen LogP contribution is -2.73. The molecule has 0 aromatic carbocycles. The van der Waals surface area contributed by atoms with Crippen molar-refractivity contribution in [2.75, 3.05) is 32.7 Å². The van der Waals surface area contributed by atoms with Gasteiger partial charge in [-0.25, -0.2) is 4.79 Å². The first kappa shape index (κ1) is 17.7. The molecule has 0 unspecified atom stereocenters. The Morgan fingerprint density at radius 2 is 1.91 bits per heavy atom. The van der Waals surface area contributed by atoms with Gasteiger partial charge in [0.25, 0.3) is 0 Å². The average Bonchev–Trinajstić information content (AvgIpc) is 2.31. The van der Waals surface area contributed by atoms with Gasteiger partial charge in [0.05, 0.1) is 0 Å². The van der Waals surface area contributed by atoms with Gasteiger partial charge in [0, 0.05) is 50.1 Å². The number of nitrogens with zero attached hydrogens (tertiary/aromatic N) is 3. The third-order valence-electron chi connectivity index (χ3n) is 4.05. The maximum atomic E-state index is 12.0. The first-order valence-corrected chi connectivity index (χ1v) is 8.17. The highest BCUT2D eigenvalue weighted by Crippen LogP contribution is 2.40. The van der Waals surface area contributed by atoms with E-state index >= 15 is 0 Å². The maximum Gasteiger partial charge on any atom is 0.410 e. The lowest BCUT2D eigenvalue weighted by atomic mass is 9.73. The van der Waals surface area contributed by atoms with Crippen LogP contribution in [0.2, 0.25) is 0 Å². The molecule has 5 nitrogen and oxygen atoms in total. The second-order valence-electron chi connectivity index (χ2n) is 7.84. The molecule has 0 N–H and O–H groups in total. The molecule has 2 heterocycles. The van der Waals surface area contributed by atoms with Crippen LogP contribution in [0.5, 0.6) is 0 Å². The van der Waals surface area contributed by atoms with Crippen LogP contribution in [0.15, 0.2) is 28.9 Å². The van der Waals surface area contributed by atoms with Crippen LogP contribution in [0.25, 0.3) is 0 Å². The Labute approximate surface area is 139 Å². The molecule has 23 heavy (non-hydrogen) atoms. The largest absolute Gasteiger partial charge is 0.444 e. The minimum absolute atomic E-state index is 0.190. The zero-order valence-electron chi connectivity index (χ0n) is 15.1. The Balaban J connectivity index is 1.74. The molecule has 2 saturated heterocycles. The highest BCUT2D eigenvalue weighted by molar-refractivity contribution is 5.79. The fourth-order valence-corrected chi connectivity index (χ4v) is 3.09. The summed E-state index contributed by atoms with van der Waals surface area (Å²) in [5, 5.41) is 0. The predicted octanol–water partition coefficient (Wildman–Crippen LogP) is 3.09. The van der Waals surface area contributed by atoms with Gasteiger partial charge in [-0.05, 0) is 40.2 Å². The zero-order valence-corrected chi connectivity index (χ0v) is 15.1. The van der Waals surface area contributed by atoms with E-state index in [2.05, 4.69) is 22.5 Å². The van der Waals surface area contributed by atoms with E-state index in [0.29, 0.717) is 0 Å². The molecule has 0 aliphatic carbocycles. The van der Waals surface area contributed by atoms with E-state index in [1.807, 2.05) is 45.7 Å². The summed E-state index contributed by atoms with van der Waals surface area (Å²) in [6, 6.07) is 0. The zero-order chi connectivity index (χ0) is 17.3. The van der Waals surface area contributed by atoms with Crippen molar-refractivity contribution in [3.05, 3.63) is 23.9 Å². The summed E-state index contributed by atoms with van der Waals surface area (Å²) in [5.41, 5.74) is 1.87. The van der Waals surface area contributed by atoms with E-state index in [1.165, 1.54) is 5.57 Å². The highest BCUT2D eigenvalue weighted by Gasteiger charge is 2.53. The summed E-state index contributed by atoms with van der Waals surface area (Å²) in [6.45, 7) is 18.0. The molecule has 1 amide bonds. The van der Waals surface area contributed by atoms with Gasteiger partial charge >= 0.3 is 6.09 Å². The van der Waals surface area contributed by atoms with Crippen molar-refractivity contribution in [3.8, 4) is 0 Å². The number of rotatable bonds is 4. The molecular weight excluding hydrogens is 290 g/mol. The van der Waals surface area contributed by atoms with Crippen molar-refractivity contribution >= 4 is 12.3 Å². The van der Waals surface area contributed by atoms with Gasteiger partial charge in [0.2, 0.25) is 0 Å². The van der Waals surface area contributed by atoms with Crippen molar-refractivity contribution < 1.29 is 9.53 Å². The van der Waals surface area contributed by atoms with Crippen molar-refractivity contribution in [1.82, 2.24) is 9.80 Å². The topological polar surface area (TPSA) is 45.1 Å². The number of allylic oxidation sites excluding steroid dienone is 2. The van der Waals surface area contributed by atoms with Crippen LogP contribution in [0.4, 0.5) is 4.79 Å². The third kappa shape index (κ3) is 4.67. The van der Waals surface area contributed by atoms with E-state index in [1.54, 1.807) is 0 Å². The van der Waals surface area contributed by atoms with E-state index < -0.39 is 5.60 Å². The van der Waals surface area contributed by atoms with Gasteiger partial charge in [-0.15, -0.1) is 0 Å². The van der Waals surface area contributed by atoms with Crippen molar-refractivity contribution in [2.45, 2.75) is 40.2 Å². The van der Waals surface area contributed by atoms with Gasteiger partial charge in [-0.1, -0.05) is 12.7 Å². The molecule has 2 rings (SSSR count). The van der Waals surface area contributed by atoms with Gasteiger partial charge in [-0.2, -0.15) is 0 Å². The van der Waals surface area contributed by atoms with Crippen LogP contribution in [0.1, 0.15) is 34.6 Å². The van der Waals surface area contributed by atoms with Crippen LogP contribution >= 0.6 is 0 Å². The Morgan fingerprint density at radius 1 is 1.30 bits per heavy atom. The molecule has 0 aromatic heterocycles. The molecule has 5 heteroatoms. The number of hydrogen-bond acceptors (Lipinski definition) is 4. The van der Waals surface area contributed by atoms with Gasteiger partial charge in [0.1, 0.15) is 5.60 Å². The fourth-order valence-electron chi connectivity index (χ4n) is 3.09. The molecule has 0 saturated carbocycles. The summed E-state index contributed by atoms with van der Waals surface area (Å²) in [6.07, 6.45) is 3.79. The van der Waals surface area contributed by atoms with Gasteiger partial charge in [-0.3, -0.25) is 9.89 Å². The monoisotopic (exact) mass is 319 g/mol. The molecule has 0 radical (unpaired) electrons. The number of likely N-dealkylation sites (tertiary alicyclic amines) is 2. The molecule has 2 fully saturated rings. The molecule has 0 aromatic rings. The van der Waals surface area contributed by atoms with E-state index in [4.69, 9.17) is 4.74 Å². The van der Waals surface area contributed by atoms with Crippen LogP contribution in [0, 0.1) is 5.41 Å². The predicted molar refractivity (Wildman–Crippen MR) is 93.7 cm³/mol. The Kier molecular flexibility index (Phi) is 4.99. The first-order valence-electron chi connectivity index (χ1n) is 8.17. The molecule has 1 spiro atoms. The first-order chi connectivity index (χ1) is 10.6. The highest BCUT2D eigenvalue weighted by atomic mass is 16.6. The summed E-state index contributed by atoms with van der Waals surface area (Å²) in [4.78, 5) is 20.4. The molecule has 0 atom stereocenters. The van der Waals surface area contributed by atoms with E-state index in [-0.39, 0.29) is 11.5 Å². The van der Waals surface area contributed by atoms with Gasteiger partial charge in [0.15, 0.2) is 0 Å². The fraction of sp³-hybridized carbons (Fsp3) is 0.667. The molecule has 2 aliphatic rings. The Morgan fingerprint density at radius 3 is 2.39 bits per heavy atom. The van der Waals surface area contributed by atoms with Crippen LogP contribution in [0.3, 0.4) is 0 Å². The summed E-state index contributed by atoms with van der Waals surface area (Å²) >= 11 is 0. The number of aliphatic imine (C=N–C) groups is 1. The van der Waals surface area contributed by atoms with Crippen molar-refractivity contribution in [1.29, 1.82) is 0 Å². The van der Waals surface area contributed by atoms with E-state index in [0.717, 1.165) is 38.4 Å². The molecule has 0 bridgehead atoms. The standard InChI is InChI=1S/C18H29N3O2/c1-7-15(8-19-14(2)3)9-20-10-18(11-20)12-21(13-18)16(22)23-17(4,5)6/h7-8H,2,9-13H2,1,3-6H3/b15-7+,19-8?. The number of carbonyl (C=O) groups excluding carboxylic acids is 1. The smallest absolute Gasteiger partial charge is 0.410 e. The summed E-state index contributed by atoms with van der Waals surface area (Å²) in [5.74, 6) is 0. The lowest BCUT2D eigenvalue weighted by molar-refractivity contribution is -0.109. The van der Waals surface area contributed by atoms with Crippen LogP contribution in [-0.4, -0.2) is 60.4 Å². The second-order valence-corrected chi connectivity index (χ2v) is 7.84. The Hall–Kier alpha value is -1.62. The minimum Gasteiger partial charge on any atom is -0.444 e. The Bertz CT molecular complexity index is 529. The second kappa shape index (κ2) is 6.48. The SMILES string of the molecule is C=C(C)N=C/C(=C\C)CN1CC2(C1)CN(C(=O)OC(C)(C)C)C2. The quantitative estimate of drug-likeness (QED) is 0.748. The minimum atomic E-state index is -0.422. The lowest BCUT2D eigenvalue weighted by Gasteiger charge is -2.60. The summed E-state index contributed by atoms with van der Waals surface area (Å²) in [7, 11) is 0. The molecule has 128 valence electrons. The van der Waals surface area contributed by atoms with Crippen LogP contribution < -0.4 is 0 Å². The van der Waals surface area contributed by atoms with E-state index in [9.17, 15) is 4.79 Å². The van der Waals surface area contributed by atoms with Crippen molar-refractivity contribution in [3.63, 3.8) is 0 Å². The molecule has 2 aliphatic heterocycles.